The average molecular weight is 207 g/mol. The van der Waals surface area contributed by atoms with Crippen molar-refractivity contribution in [2.75, 3.05) is 6.54 Å². The molecule has 0 bridgehead atoms. The second-order valence-electron chi connectivity index (χ2n) is 5.41. The monoisotopic (exact) mass is 207 g/mol. The minimum Gasteiger partial charge on any atom is -0.370 e. The molecule has 3 nitrogen and oxygen atoms in total. The Labute approximate surface area is 91.7 Å². The minimum absolute atomic E-state index is 0.335. The zero-order valence-corrected chi connectivity index (χ0v) is 9.41. The van der Waals surface area contributed by atoms with Crippen LogP contribution in [0, 0.1) is 0 Å². The maximum absolute atomic E-state index is 6.05. The highest BCUT2D eigenvalue weighted by atomic mass is 15.4. The number of aliphatic imine (C=N–C) groups is 1. The average Bonchev–Trinajstić information content (AvgIpc) is 3.00. The first kappa shape index (κ1) is 9.49. The number of guanidine groups is 1. The molecule has 0 radical (unpaired) electrons. The van der Waals surface area contributed by atoms with Crippen LogP contribution in [0.1, 0.15) is 51.4 Å². The first-order valence-corrected chi connectivity index (χ1v) is 6.41. The molecular formula is C12H21N3. The smallest absolute Gasteiger partial charge is 0.192 e. The number of hydrogen-bond acceptors (Lipinski definition) is 3. The molecule has 2 saturated carbocycles. The number of rotatable bonds is 1. The minimum atomic E-state index is 0.335. The second kappa shape index (κ2) is 3.39. The van der Waals surface area contributed by atoms with E-state index in [-0.39, 0.29) is 0 Å². The van der Waals surface area contributed by atoms with E-state index in [1.165, 1.54) is 51.4 Å². The Morgan fingerprint density at radius 1 is 1.13 bits per heavy atom. The molecule has 15 heavy (non-hydrogen) atoms. The van der Waals surface area contributed by atoms with Gasteiger partial charge in [-0.1, -0.05) is 25.7 Å². The maximum atomic E-state index is 6.05. The van der Waals surface area contributed by atoms with Gasteiger partial charge in [-0.2, -0.15) is 0 Å². The van der Waals surface area contributed by atoms with Gasteiger partial charge in [-0.15, -0.1) is 0 Å². The van der Waals surface area contributed by atoms with Gasteiger partial charge >= 0.3 is 0 Å². The van der Waals surface area contributed by atoms with Crippen molar-refractivity contribution < 1.29 is 0 Å². The predicted octanol–water partition coefficient (Wildman–Crippen LogP) is 1.87. The van der Waals surface area contributed by atoms with Crippen molar-refractivity contribution in [2.24, 2.45) is 10.7 Å². The van der Waals surface area contributed by atoms with E-state index in [1.807, 2.05) is 0 Å². The second-order valence-corrected chi connectivity index (χ2v) is 5.41. The van der Waals surface area contributed by atoms with E-state index in [4.69, 9.17) is 5.73 Å². The number of nitrogens with two attached hydrogens (primary N) is 1. The molecule has 2 aliphatic carbocycles. The molecule has 1 spiro atoms. The van der Waals surface area contributed by atoms with E-state index >= 15 is 0 Å². The van der Waals surface area contributed by atoms with Crippen LogP contribution in [0.4, 0.5) is 0 Å². The molecule has 0 saturated heterocycles. The molecule has 1 aliphatic heterocycles. The summed E-state index contributed by atoms with van der Waals surface area (Å²) >= 11 is 0. The Balaban J connectivity index is 1.83. The topological polar surface area (TPSA) is 41.6 Å². The largest absolute Gasteiger partial charge is 0.370 e. The fourth-order valence-electron chi connectivity index (χ4n) is 3.32. The van der Waals surface area contributed by atoms with Crippen molar-refractivity contribution in [1.82, 2.24) is 4.90 Å². The zero-order valence-electron chi connectivity index (χ0n) is 9.41. The van der Waals surface area contributed by atoms with Gasteiger partial charge in [-0.25, -0.2) is 0 Å². The lowest BCUT2D eigenvalue weighted by atomic mass is 9.89. The number of hydrogen-bond donors (Lipinski definition) is 1. The van der Waals surface area contributed by atoms with Crippen LogP contribution in [0.5, 0.6) is 0 Å². The van der Waals surface area contributed by atoms with E-state index in [0.717, 1.165) is 18.5 Å². The van der Waals surface area contributed by atoms with Crippen LogP contribution in [0.2, 0.25) is 0 Å². The number of nitrogens with zero attached hydrogens (tertiary/aromatic N) is 2. The standard InChI is InChI=1S/C12H21N3/c13-11-14-9-12(15(11)10-5-6-10)7-3-1-2-4-8-12/h10H,1-9H2,(H2,13,14). The molecule has 3 aliphatic rings. The lowest BCUT2D eigenvalue weighted by Crippen LogP contribution is -2.52. The van der Waals surface area contributed by atoms with Gasteiger partial charge in [-0.05, 0) is 25.7 Å². The molecule has 0 aromatic carbocycles. The van der Waals surface area contributed by atoms with Crippen LogP contribution in [-0.2, 0) is 0 Å². The van der Waals surface area contributed by atoms with Crippen molar-refractivity contribution in [3.8, 4) is 0 Å². The van der Waals surface area contributed by atoms with Gasteiger partial charge in [0.25, 0.3) is 0 Å². The summed E-state index contributed by atoms with van der Waals surface area (Å²) in [6, 6.07) is 0.731. The summed E-state index contributed by atoms with van der Waals surface area (Å²) in [7, 11) is 0. The Morgan fingerprint density at radius 3 is 2.40 bits per heavy atom. The SMILES string of the molecule is NC1=NCC2(CCCCCC2)N1C1CC1. The van der Waals surface area contributed by atoms with Crippen LogP contribution in [0.25, 0.3) is 0 Å². The highest BCUT2D eigenvalue weighted by Crippen LogP contribution is 2.42. The van der Waals surface area contributed by atoms with E-state index in [9.17, 15) is 0 Å². The van der Waals surface area contributed by atoms with E-state index in [2.05, 4.69) is 9.89 Å². The maximum Gasteiger partial charge on any atom is 0.192 e. The fourth-order valence-corrected chi connectivity index (χ4v) is 3.32. The van der Waals surface area contributed by atoms with Crippen LogP contribution in [0.3, 0.4) is 0 Å². The predicted molar refractivity (Wildman–Crippen MR) is 61.8 cm³/mol. The summed E-state index contributed by atoms with van der Waals surface area (Å²) in [5, 5.41) is 0. The quantitative estimate of drug-likeness (QED) is 0.713. The van der Waals surface area contributed by atoms with Crippen LogP contribution >= 0.6 is 0 Å². The van der Waals surface area contributed by atoms with Gasteiger partial charge in [0.15, 0.2) is 5.96 Å². The Bertz CT molecular complexity index is 273. The highest BCUT2D eigenvalue weighted by Gasteiger charge is 2.48. The third-order valence-electron chi connectivity index (χ3n) is 4.24. The molecule has 0 aromatic heterocycles. The molecule has 3 rings (SSSR count). The summed E-state index contributed by atoms with van der Waals surface area (Å²) in [6.07, 6.45) is 10.8. The van der Waals surface area contributed by atoms with Crippen molar-refractivity contribution in [3.63, 3.8) is 0 Å². The van der Waals surface area contributed by atoms with Gasteiger partial charge in [0, 0.05) is 6.04 Å². The lowest BCUT2D eigenvalue weighted by molar-refractivity contribution is 0.167. The summed E-state index contributed by atoms with van der Waals surface area (Å²) in [5.41, 5.74) is 6.39. The molecule has 0 unspecified atom stereocenters. The molecule has 0 atom stereocenters. The van der Waals surface area contributed by atoms with Gasteiger partial charge in [0.05, 0.1) is 12.1 Å². The van der Waals surface area contributed by atoms with Crippen LogP contribution in [-0.4, -0.2) is 29.0 Å². The first-order chi connectivity index (χ1) is 7.32. The third kappa shape index (κ3) is 1.52. The summed E-state index contributed by atoms with van der Waals surface area (Å²) in [4.78, 5) is 7.00. The van der Waals surface area contributed by atoms with E-state index in [0.29, 0.717) is 5.54 Å². The van der Waals surface area contributed by atoms with Gasteiger partial charge in [-0.3, -0.25) is 4.99 Å². The zero-order chi connectivity index (χ0) is 10.3. The van der Waals surface area contributed by atoms with Crippen molar-refractivity contribution in [3.05, 3.63) is 0 Å². The molecule has 1 heterocycles. The summed E-state index contributed by atoms with van der Waals surface area (Å²) in [5.74, 6) is 0.833. The van der Waals surface area contributed by atoms with Crippen molar-refractivity contribution >= 4 is 5.96 Å². The molecule has 3 heteroatoms. The Kier molecular flexibility index (Phi) is 2.15. The normalized spacial score (nSPS) is 30.4. The van der Waals surface area contributed by atoms with Crippen molar-refractivity contribution in [2.45, 2.75) is 62.9 Å². The van der Waals surface area contributed by atoms with E-state index in [1.54, 1.807) is 0 Å². The fraction of sp³-hybridized carbons (Fsp3) is 0.917. The summed E-state index contributed by atoms with van der Waals surface area (Å²) < 4.78 is 0. The summed E-state index contributed by atoms with van der Waals surface area (Å²) in [6.45, 7) is 0.968. The van der Waals surface area contributed by atoms with Crippen LogP contribution < -0.4 is 5.73 Å². The van der Waals surface area contributed by atoms with Crippen LogP contribution in [0.15, 0.2) is 4.99 Å². The van der Waals surface area contributed by atoms with Crippen molar-refractivity contribution in [1.29, 1.82) is 0 Å². The molecule has 2 fully saturated rings. The highest BCUT2D eigenvalue weighted by molar-refractivity contribution is 5.81. The molecule has 0 aromatic rings. The molecule has 2 N–H and O–H groups in total. The van der Waals surface area contributed by atoms with Gasteiger partial charge < -0.3 is 10.6 Å². The molecular weight excluding hydrogens is 186 g/mol. The Morgan fingerprint density at radius 2 is 1.80 bits per heavy atom. The van der Waals surface area contributed by atoms with Gasteiger partial charge in [0.1, 0.15) is 0 Å². The van der Waals surface area contributed by atoms with E-state index < -0.39 is 0 Å². The molecule has 84 valence electrons. The molecule has 0 amide bonds. The van der Waals surface area contributed by atoms with Gasteiger partial charge in [0.2, 0.25) is 0 Å². The Hall–Kier alpha value is -0.730. The lowest BCUT2D eigenvalue weighted by Gasteiger charge is -2.39. The first-order valence-electron chi connectivity index (χ1n) is 6.41. The third-order valence-corrected chi connectivity index (χ3v) is 4.24.